The summed E-state index contributed by atoms with van der Waals surface area (Å²) in [5.41, 5.74) is 1.89. The first-order valence-electron chi connectivity index (χ1n) is 8.05. The molecular weight excluding hydrogens is 305 g/mol. The van der Waals surface area contributed by atoms with Crippen molar-refractivity contribution in [3.8, 4) is 0 Å². The third-order valence-corrected chi connectivity index (χ3v) is 3.85. The Morgan fingerprint density at radius 3 is 2.79 bits per heavy atom. The molecule has 1 atom stereocenters. The van der Waals surface area contributed by atoms with Gasteiger partial charge in [-0.25, -0.2) is 14.4 Å². The van der Waals surface area contributed by atoms with Crippen molar-refractivity contribution in [3.63, 3.8) is 0 Å². The van der Waals surface area contributed by atoms with Gasteiger partial charge < -0.3 is 10.1 Å². The van der Waals surface area contributed by atoms with E-state index in [0.717, 1.165) is 11.9 Å². The van der Waals surface area contributed by atoms with E-state index >= 15 is 0 Å². The summed E-state index contributed by atoms with van der Waals surface area (Å²) < 4.78 is 19.2. The van der Waals surface area contributed by atoms with Gasteiger partial charge in [0, 0.05) is 18.5 Å². The number of benzene rings is 2. The highest BCUT2D eigenvalue weighted by Gasteiger charge is 2.06. The zero-order chi connectivity index (χ0) is 16.8. The first kappa shape index (κ1) is 16.3. The van der Waals surface area contributed by atoms with Crippen LogP contribution in [0.5, 0.6) is 0 Å². The summed E-state index contributed by atoms with van der Waals surface area (Å²) >= 11 is 0. The molecule has 0 aliphatic heterocycles. The van der Waals surface area contributed by atoms with Crippen LogP contribution in [-0.4, -0.2) is 23.1 Å². The predicted octanol–water partition coefficient (Wildman–Crippen LogP) is 4.35. The fourth-order valence-electron chi connectivity index (χ4n) is 2.53. The van der Waals surface area contributed by atoms with E-state index in [1.54, 1.807) is 6.07 Å². The van der Waals surface area contributed by atoms with E-state index in [1.165, 1.54) is 24.0 Å². The quantitative estimate of drug-likeness (QED) is 0.656. The summed E-state index contributed by atoms with van der Waals surface area (Å²) in [5.74, 6) is 0.357. The predicted molar refractivity (Wildman–Crippen MR) is 93.4 cm³/mol. The third kappa shape index (κ3) is 4.06. The van der Waals surface area contributed by atoms with Crippen LogP contribution in [0.4, 0.5) is 10.2 Å². The molecule has 2 aromatic carbocycles. The van der Waals surface area contributed by atoms with Crippen molar-refractivity contribution in [1.29, 1.82) is 0 Å². The standard InChI is InChI=1S/C19H20FN3O/c1-14(15-6-3-2-4-7-15)24-11-5-10-21-19-17-12-16(20)8-9-18(17)22-13-23-19/h2-4,6-9,12-14H,5,10-11H2,1H3,(H,21,22,23). The summed E-state index contributed by atoms with van der Waals surface area (Å²) in [6.07, 6.45) is 2.38. The molecule has 5 heteroatoms. The van der Waals surface area contributed by atoms with Crippen LogP contribution in [0.15, 0.2) is 54.9 Å². The maximum absolute atomic E-state index is 13.4. The van der Waals surface area contributed by atoms with Crippen LogP contribution in [0.3, 0.4) is 0 Å². The maximum atomic E-state index is 13.4. The lowest BCUT2D eigenvalue weighted by Crippen LogP contribution is -2.09. The van der Waals surface area contributed by atoms with Crippen molar-refractivity contribution in [2.45, 2.75) is 19.4 Å². The largest absolute Gasteiger partial charge is 0.374 e. The number of nitrogens with one attached hydrogen (secondary N) is 1. The molecule has 1 heterocycles. The highest BCUT2D eigenvalue weighted by molar-refractivity contribution is 5.88. The summed E-state index contributed by atoms with van der Waals surface area (Å²) in [4.78, 5) is 8.34. The number of aromatic nitrogens is 2. The molecule has 0 radical (unpaired) electrons. The van der Waals surface area contributed by atoms with Gasteiger partial charge in [0.25, 0.3) is 0 Å². The number of fused-ring (bicyclic) bond motifs is 1. The number of nitrogens with zero attached hydrogens (tertiary/aromatic N) is 2. The Bertz CT molecular complexity index is 795. The number of hydrogen-bond donors (Lipinski definition) is 1. The molecule has 0 bridgehead atoms. The zero-order valence-corrected chi connectivity index (χ0v) is 13.6. The van der Waals surface area contributed by atoms with Crippen LogP contribution in [-0.2, 0) is 4.74 Å². The van der Waals surface area contributed by atoms with Gasteiger partial charge in [-0.3, -0.25) is 0 Å². The molecule has 124 valence electrons. The Morgan fingerprint density at radius 2 is 1.96 bits per heavy atom. The van der Waals surface area contributed by atoms with Crippen molar-refractivity contribution in [1.82, 2.24) is 9.97 Å². The number of halogens is 1. The number of hydrogen-bond acceptors (Lipinski definition) is 4. The second kappa shape index (κ2) is 7.84. The Hall–Kier alpha value is -2.53. The SMILES string of the molecule is CC(OCCCNc1ncnc2ccc(F)cc12)c1ccccc1. The second-order valence-corrected chi connectivity index (χ2v) is 5.59. The molecule has 24 heavy (non-hydrogen) atoms. The smallest absolute Gasteiger partial charge is 0.137 e. The first-order chi connectivity index (χ1) is 11.7. The summed E-state index contributed by atoms with van der Waals surface area (Å²) in [7, 11) is 0. The van der Waals surface area contributed by atoms with Crippen LogP contribution in [0.25, 0.3) is 10.9 Å². The average Bonchev–Trinajstić information content (AvgIpc) is 2.62. The minimum atomic E-state index is -0.291. The van der Waals surface area contributed by atoms with Crippen LogP contribution < -0.4 is 5.32 Å². The number of anilines is 1. The Kier molecular flexibility index (Phi) is 5.33. The van der Waals surface area contributed by atoms with Crippen molar-refractivity contribution in [2.24, 2.45) is 0 Å². The van der Waals surface area contributed by atoms with Gasteiger partial charge in [0.1, 0.15) is 18.0 Å². The number of ether oxygens (including phenoxy) is 1. The highest BCUT2D eigenvalue weighted by Crippen LogP contribution is 2.20. The van der Waals surface area contributed by atoms with Gasteiger partial charge in [-0.1, -0.05) is 30.3 Å². The van der Waals surface area contributed by atoms with Crippen molar-refractivity contribution >= 4 is 16.7 Å². The van der Waals surface area contributed by atoms with Crippen LogP contribution in [0.1, 0.15) is 25.0 Å². The summed E-state index contributed by atoms with van der Waals surface area (Å²) in [6, 6.07) is 14.6. The zero-order valence-electron chi connectivity index (χ0n) is 13.6. The van der Waals surface area contributed by atoms with Crippen molar-refractivity contribution in [3.05, 3.63) is 66.2 Å². The lowest BCUT2D eigenvalue weighted by molar-refractivity contribution is 0.0656. The molecule has 0 amide bonds. The molecule has 1 unspecified atom stereocenters. The molecule has 0 spiro atoms. The lowest BCUT2D eigenvalue weighted by atomic mass is 10.1. The van der Waals surface area contributed by atoms with E-state index in [-0.39, 0.29) is 11.9 Å². The van der Waals surface area contributed by atoms with Crippen molar-refractivity contribution in [2.75, 3.05) is 18.5 Å². The van der Waals surface area contributed by atoms with Gasteiger partial charge in [-0.2, -0.15) is 0 Å². The third-order valence-electron chi connectivity index (χ3n) is 3.85. The van der Waals surface area contributed by atoms with E-state index in [2.05, 4.69) is 27.4 Å². The Morgan fingerprint density at radius 1 is 1.12 bits per heavy atom. The van der Waals surface area contributed by atoms with Gasteiger partial charge in [0.2, 0.25) is 0 Å². The fourth-order valence-corrected chi connectivity index (χ4v) is 2.53. The Balaban J connectivity index is 1.50. The van der Waals surface area contributed by atoms with Gasteiger partial charge in [0.05, 0.1) is 11.6 Å². The van der Waals surface area contributed by atoms with Crippen LogP contribution >= 0.6 is 0 Å². The van der Waals surface area contributed by atoms with Crippen LogP contribution in [0.2, 0.25) is 0 Å². The normalized spacial score (nSPS) is 12.2. The fraction of sp³-hybridized carbons (Fsp3) is 0.263. The lowest BCUT2D eigenvalue weighted by Gasteiger charge is -2.14. The first-order valence-corrected chi connectivity index (χ1v) is 8.05. The average molecular weight is 325 g/mol. The molecule has 0 aliphatic rings. The van der Waals surface area contributed by atoms with E-state index < -0.39 is 0 Å². The van der Waals surface area contributed by atoms with Crippen molar-refractivity contribution < 1.29 is 9.13 Å². The maximum Gasteiger partial charge on any atom is 0.137 e. The van der Waals surface area contributed by atoms with E-state index in [4.69, 9.17) is 4.74 Å². The monoisotopic (exact) mass is 325 g/mol. The molecule has 1 aromatic heterocycles. The molecular formula is C19H20FN3O. The van der Waals surface area contributed by atoms with Gasteiger partial charge in [0.15, 0.2) is 0 Å². The van der Waals surface area contributed by atoms with E-state index in [0.29, 0.717) is 24.4 Å². The molecule has 0 saturated heterocycles. The second-order valence-electron chi connectivity index (χ2n) is 5.59. The van der Waals surface area contributed by atoms with Gasteiger partial charge in [-0.05, 0) is 37.1 Å². The van der Waals surface area contributed by atoms with Gasteiger partial charge >= 0.3 is 0 Å². The molecule has 4 nitrogen and oxygen atoms in total. The molecule has 1 N–H and O–H groups in total. The molecule has 0 fully saturated rings. The van der Waals surface area contributed by atoms with Crippen LogP contribution in [0, 0.1) is 5.82 Å². The highest BCUT2D eigenvalue weighted by atomic mass is 19.1. The number of rotatable bonds is 7. The molecule has 0 saturated carbocycles. The molecule has 3 aromatic rings. The summed E-state index contributed by atoms with van der Waals surface area (Å²) in [5, 5.41) is 3.92. The summed E-state index contributed by atoms with van der Waals surface area (Å²) in [6.45, 7) is 3.38. The van der Waals surface area contributed by atoms with E-state index in [9.17, 15) is 4.39 Å². The minimum absolute atomic E-state index is 0.0696. The minimum Gasteiger partial charge on any atom is -0.374 e. The topological polar surface area (TPSA) is 47.0 Å². The Labute approximate surface area is 140 Å². The molecule has 3 rings (SSSR count). The van der Waals surface area contributed by atoms with Gasteiger partial charge in [-0.15, -0.1) is 0 Å². The van der Waals surface area contributed by atoms with E-state index in [1.807, 2.05) is 25.1 Å². The molecule has 0 aliphatic carbocycles.